The molecule has 0 atom stereocenters. The van der Waals surface area contributed by atoms with Crippen molar-refractivity contribution in [1.29, 1.82) is 0 Å². The predicted octanol–water partition coefficient (Wildman–Crippen LogP) is 1.41. The van der Waals surface area contributed by atoms with Gasteiger partial charge in [-0.3, -0.25) is 0 Å². The van der Waals surface area contributed by atoms with Crippen LogP contribution < -0.4 is 0 Å². The number of hydrogen-bond donors (Lipinski definition) is 1. The number of nitrogens with zero attached hydrogens (tertiary/aromatic N) is 1. The molecular weight excluding hydrogens is 150 g/mol. The van der Waals surface area contributed by atoms with Gasteiger partial charge in [0.1, 0.15) is 0 Å². The van der Waals surface area contributed by atoms with Crippen LogP contribution in [0.25, 0.3) is 0 Å². The van der Waals surface area contributed by atoms with E-state index < -0.39 is 0 Å². The van der Waals surface area contributed by atoms with Gasteiger partial charge < -0.3 is 9.59 Å². The highest BCUT2D eigenvalue weighted by atomic mass is 16.2. The van der Waals surface area contributed by atoms with Gasteiger partial charge in [-0.15, -0.1) is 0 Å². The minimum absolute atomic E-state index is 0.328. The van der Waals surface area contributed by atoms with Gasteiger partial charge >= 0.3 is 0 Å². The molecule has 0 rings (SSSR count). The summed E-state index contributed by atoms with van der Waals surface area (Å²) in [6.07, 6.45) is 5.23. The molecule has 0 unspecified atom stereocenters. The number of likely N-dealkylation sites (N-methyl/N-ethyl adjacent to an activating group) is 1. The highest BCUT2D eigenvalue weighted by Crippen LogP contribution is 2.03. The first-order valence-corrected chi connectivity index (χ1v) is 4.66. The minimum atomic E-state index is 0.328. The van der Waals surface area contributed by atoms with Crippen LogP contribution in [0.5, 0.6) is 0 Å². The zero-order valence-electron chi connectivity index (χ0n) is 8.42. The van der Waals surface area contributed by atoms with Crippen LogP contribution in [0.3, 0.4) is 0 Å². The van der Waals surface area contributed by atoms with E-state index in [1.807, 2.05) is 6.08 Å². The summed E-state index contributed by atoms with van der Waals surface area (Å²) in [6, 6.07) is 0. The molecule has 0 saturated carbocycles. The summed E-state index contributed by atoms with van der Waals surface area (Å²) in [5.74, 6) is 0. The summed E-state index contributed by atoms with van der Waals surface area (Å²) in [7, 11) is 4.42. The van der Waals surface area contributed by atoms with Gasteiger partial charge in [-0.2, -0.15) is 0 Å². The molecule has 0 fully saturated rings. The zero-order chi connectivity index (χ0) is 9.45. The number of quaternary nitrogens is 1. The molecule has 2 nitrogen and oxygen atoms in total. The summed E-state index contributed by atoms with van der Waals surface area (Å²) >= 11 is 0. The van der Waals surface area contributed by atoms with Gasteiger partial charge in [0, 0.05) is 6.61 Å². The highest BCUT2D eigenvalue weighted by molar-refractivity contribution is 4.64. The first kappa shape index (κ1) is 11.7. The van der Waals surface area contributed by atoms with Gasteiger partial charge in [0.2, 0.25) is 0 Å². The van der Waals surface area contributed by atoms with Gasteiger partial charge in [0.25, 0.3) is 0 Å². The quantitative estimate of drug-likeness (QED) is 0.350. The SMILES string of the molecule is C=CC[N+](C)(C)CCCCCO. The van der Waals surface area contributed by atoms with Crippen LogP contribution in [0.15, 0.2) is 12.7 Å². The van der Waals surface area contributed by atoms with Crippen molar-refractivity contribution in [3.63, 3.8) is 0 Å². The lowest BCUT2D eigenvalue weighted by Crippen LogP contribution is -2.40. The minimum Gasteiger partial charge on any atom is -0.396 e. The largest absolute Gasteiger partial charge is 0.396 e. The molecule has 0 radical (unpaired) electrons. The van der Waals surface area contributed by atoms with Crippen molar-refractivity contribution in [1.82, 2.24) is 0 Å². The van der Waals surface area contributed by atoms with Gasteiger partial charge in [0.05, 0.1) is 27.2 Å². The third kappa shape index (κ3) is 6.38. The van der Waals surface area contributed by atoms with Gasteiger partial charge in [-0.25, -0.2) is 0 Å². The molecule has 0 amide bonds. The molecule has 1 N–H and O–H groups in total. The lowest BCUT2D eigenvalue weighted by Gasteiger charge is -2.28. The summed E-state index contributed by atoms with van der Waals surface area (Å²) < 4.78 is 1.01. The van der Waals surface area contributed by atoms with E-state index in [4.69, 9.17) is 5.11 Å². The number of aliphatic hydroxyl groups is 1. The van der Waals surface area contributed by atoms with E-state index in [1.165, 1.54) is 13.0 Å². The van der Waals surface area contributed by atoms with Crippen molar-refractivity contribution in [3.05, 3.63) is 12.7 Å². The van der Waals surface area contributed by atoms with Crippen molar-refractivity contribution in [2.24, 2.45) is 0 Å². The Bertz CT molecular complexity index is 121. The van der Waals surface area contributed by atoms with Gasteiger partial charge in [-0.1, -0.05) is 6.58 Å². The molecular formula is C10H22NO+. The summed E-state index contributed by atoms with van der Waals surface area (Å²) in [4.78, 5) is 0. The Kier molecular flexibility index (Phi) is 6.03. The van der Waals surface area contributed by atoms with Crippen molar-refractivity contribution in [2.45, 2.75) is 19.3 Å². The molecule has 0 aromatic rings. The van der Waals surface area contributed by atoms with Crippen LogP contribution >= 0.6 is 0 Å². The number of aliphatic hydroxyl groups excluding tert-OH is 1. The van der Waals surface area contributed by atoms with Gasteiger partial charge in [0.15, 0.2) is 0 Å². The van der Waals surface area contributed by atoms with Crippen LogP contribution in [-0.4, -0.2) is 43.4 Å². The third-order valence-electron chi connectivity index (χ3n) is 2.04. The molecule has 12 heavy (non-hydrogen) atoms. The fourth-order valence-electron chi connectivity index (χ4n) is 1.27. The van der Waals surface area contributed by atoms with Crippen LogP contribution in [-0.2, 0) is 0 Å². The first-order valence-electron chi connectivity index (χ1n) is 4.66. The molecule has 0 saturated heterocycles. The fraction of sp³-hybridized carbons (Fsp3) is 0.800. The average Bonchev–Trinajstić information content (AvgIpc) is 1.98. The zero-order valence-corrected chi connectivity index (χ0v) is 8.42. The maximum absolute atomic E-state index is 8.58. The lowest BCUT2D eigenvalue weighted by molar-refractivity contribution is -0.884. The first-order chi connectivity index (χ1) is 5.62. The van der Waals surface area contributed by atoms with Crippen molar-refractivity contribution >= 4 is 0 Å². The molecule has 0 aliphatic rings. The second-order valence-corrected chi connectivity index (χ2v) is 3.91. The predicted molar refractivity (Wildman–Crippen MR) is 53.0 cm³/mol. The fourth-order valence-corrected chi connectivity index (χ4v) is 1.27. The van der Waals surface area contributed by atoms with Crippen LogP contribution in [0, 0.1) is 0 Å². The van der Waals surface area contributed by atoms with Crippen LogP contribution in [0.2, 0.25) is 0 Å². The Morgan fingerprint density at radius 2 is 1.92 bits per heavy atom. The molecule has 0 aliphatic heterocycles. The average molecular weight is 172 g/mol. The topological polar surface area (TPSA) is 20.2 Å². The van der Waals surface area contributed by atoms with E-state index in [-0.39, 0.29) is 0 Å². The van der Waals surface area contributed by atoms with Crippen molar-refractivity contribution < 1.29 is 9.59 Å². The third-order valence-corrected chi connectivity index (χ3v) is 2.04. The summed E-state index contributed by atoms with van der Waals surface area (Å²) in [5.41, 5.74) is 0. The molecule has 0 heterocycles. The standard InChI is InChI=1S/C10H22NO/c1-4-8-11(2,3)9-6-5-7-10-12/h4,12H,1,5-10H2,2-3H3/q+1. The van der Waals surface area contributed by atoms with Crippen LogP contribution in [0.4, 0.5) is 0 Å². The normalized spacial score (nSPS) is 11.6. The van der Waals surface area contributed by atoms with E-state index >= 15 is 0 Å². The second kappa shape index (κ2) is 6.21. The van der Waals surface area contributed by atoms with Crippen LogP contribution in [0.1, 0.15) is 19.3 Å². The molecule has 0 aliphatic carbocycles. The second-order valence-electron chi connectivity index (χ2n) is 3.91. The number of hydrogen-bond acceptors (Lipinski definition) is 1. The van der Waals surface area contributed by atoms with E-state index in [9.17, 15) is 0 Å². The van der Waals surface area contributed by atoms with E-state index in [1.54, 1.807) is 0 Å². The summed E-state index contributed by atoms with van der Waals surface area (Å²) in [6.45, 7) is 6.26. The lowest BCUT2D eigenvalue weighted by atomic mass is 10.2. The Morgan fingerprint density at radius 3 is 2.42 bits per heavy atom. The molecule has 2 heteroatoms. The van der Waals surface area contributed by atoms with E-state index in [2.05, 4.69) is 20.7 Å². The molecule has 0 spiro atoms. The Morgan fingerprint density at radius 1 is 1.25 bits per heavy atom. The monoisotopic (exact) mass is 172 g/mol. The van der Waals surface area contributed by atoms with E-state index in [0.717, 1.165) is 23.9 Å². The number of unbranched alkanes of at least 4 members (excludes halogenated alkanes) is 2. The highest BCUT2D eigenvalue weighted by Gasteiger charge is 2.10. The smallest absolute Gasteiger partial charge is 0.0966 e. The molecule has 72 valence electrons. The van der Waals surface area contributed by atoms with Gasteiger partial charge in [-0.05, 0) is 25.3 Å². The maximum Gasteiger partial charge on any atom is 0.0966 e. The Balaban J connectivity index is 3.39. The Labute approximate surface area is 76.1 Å². The van der Waals surface area contributed by atoms with E-state index in [0.29, 0.717) is 6.61 Å². The summed E-state index contributed by atoms with van der Waals surface area (Å²) in [5, 5.41) is 8.58. The molecule has 0 bridgehead atoms. The maximum atomic E-state index is 8.58. The molecule has 0 aromatic heterocycles. The van der Waals surface area contributed by atoms with Crippen molar-refractivity contribution in [3.8, 4) is 0 Å². The molecule has 0 aromatic carbocycles. The number of rotatable bonds is 7. The Hall–Kier alpha value is -0.340. The van der Waals surface area contributed by atoms with Crippen molar-refractivity contribution in [2.75, 3.05) is 33.8 Å².